The van der Waals surface area contributed by atoms with Crippen LogP contribution in [0.2, 0.25) is 0 Å². The van der Waals surface area contributed by atoms with Crippen molar-refractivity contribution in [2.24, 2.45) is 5.84 Å². The van der Waals surface area contributed by atoms with E-state index in [0.717, 1.165) is 12.1 Å². The van der Waals surface area contributed by atoms with Crippen LogP contribution in [0.25, 0.3) is 0 Å². The molecule has 1 rings (SSSR count). The molecule has 11 heteroatoms. The number of alkyl halides is 3. The van der Waals surface area contributed by atoms with E-state index in [1.54, 1.807) is 0 Å². The molecule has 0 spiro atoms. The van der Waals surface area contributed by atoms with E-state index in [1.807, 2.05) is 5.43 Å². The Hall–Kier alpha value is -2.14. The van der Waals surface area contributed by atoms with Gasteiger partial charge >= 0.3 is 6.18 Å². The Bertz CT molecular complexity index is 482. The summed E-state index contributed by atoms with van der Waals surface area (Å²) in [5.74, 6) is 4.60. The Morgan fingerprint density at radius 2 is 2.15 bits per heavy atom. The second kappa shape index (κ2) is 6.34. The van der Waals surface area contributed by atoms with E-state index in [-0.39, 0.29) is 18.2 Å². The van der Waals surface area contributed by atoms with Crippen LogP contribution in [0.1, 0.15) is 0 Å². The zero-order valence-electron chi connectivity index (χ0n) is 10.1. The van der Waals surface area contributed by atoms with Crippen LogP contribution in [0.5, 0.6) is 0 Å². The number of anilines is 2. The van der Waals surface area contributed by atoms with Crippen LogP contribution in [-0.2, 0) is 0 Å². The number of nitrogens with one attached hydrogen (secondary N) is 1. The smallest absolute Gasteiger partial charge is 0.395 e. The summed E-state index contributed by atoms with van der Waals surface area (Å²) in [7, 11) is 0. The van der Waals surface area contributed by atoms with Crippen LogP contribution in [0.3, 0.4) is 0 Å². The highest BCUT2D eigenvalue weighted by Gasteiger charge is 2.32. The van der Waals surface area contributed by atoms with Crippen molar-refractivity contribution < 1.29 is 23.2 Å². The quantitative estimate of drug-likeness (QED) is 0.400. The number of nitrogens with zero attached hydrogens (tertiary/aromatic N) is 3. The van der Waals surface area contributed by atoms with Crippen molar-refractivity contribution in [1.82, 2.24) is 4.98 Å². The molecule has 0 unspecified atom stereocenters. The molecule has 20 heavy (non-hydrogen) atoms. The number of rotatable bonds is 6. The molecule has 1 heterocycles. The summed E-state index contributed by atoms with van der Waals surface area (Å²) in [6.45, 7) is -2.34. The van der Waals surface area contributed by atoms with E-state index >= 15 is 0 Å². The zero-order chi connectivity index (χ0) is 15.3. The number of hydrogen-bond donors (Lipinski definition) is 3. The maximum atomic E-state index is 12.4. The lowest BCUT2D eigenvalue weighted by atomic mass is 10.3. The molecule has 0 saturated heterocycles. The van der Waals surface area contributed by atoms with E-state index in [2.05, 4.69) is 4.98 Å². The Morgan fingerprint density at radius 1 is 1.50 bits per heavy atom. The van der Waals surface area contributed by atoms with Crippen molar-refractivity contribution in [2.45, 2.75) is 6.18 Å². The first kappa shape index (κ1) is 15.9. The molecule has 0 fully saturated rings. The van der Waals surface area contributed by atoms with Gasteiger partial charge in [0, 0.05) is 6.54 Å². The summed E-state index contributed by atoms with van der Waals surface area (Å²) < 4.78 is 37.3. The van der Waals surface area contributed by atoms with E-state index in [9.17, 15) is 23.3 Å². The standard InChI is InChI=1S/C9H12F3N5O3/c10-9(11,12)5-16(1-2-18)8-4-6(17(19)20)3-7(14-8)15-13/h3-4,18H,1-2,5,13H2,(H,14,15). The van der Waals surface area contributed by atoms with Crippen LogP contribution in [0.15, 0.2) is 12.1 Å². The maximum Gasteiger partial charge on any atom is 0.405 e. The molecule has 112 valence electrons. The Morgan fingerprint density at radius 3 is 2.60 bits per heavy atom. The number of nitrogen functional groups attached to an aromatic ring is 1. The average Bonchev–Trinajstić information content (AvgIpc) is 2.36. The topological polar surface area (TPSA) is 118 Å². The minimum atomic E-state index is -4.54. The third kappa shape index (κ3) is 4.51. The van der Waals surface area contributed by atoms with Crippen molar-refractivity contribution in [3.63, 3.8) is 0 Å². The van der Waals surface area contributed by atoms with Crippen LogP contribution < -0.4 is 16.2 Å². The van der Waals surface area contributed by atoms with Crippen molar-refractivity contribution in [3.8, 4) is 0 Å². The fourth-order valence-corrected chi connectivity index (χ4v) is 1.46. The molecule has 0 aliphatic heterocycles. The molecule has 0 saturated carbocycles. The van der Waals surface area contributed by atoms with Crippen molar-refractivity contribution >= 4 is 17.3 Å². The number of halogens is 3. The fourth-order valence-electron chi connectivity index (χ4n) is 1.46. The second-order valence-electron chi connectivity index (χ2n) is 3.73. The van der Waals surface area contributed by atoms with Gasteiger partial charge in [0.05, 0.1) is 23.7 Å². The summed E-state index contributed by atoms with van der Waals surface area (Å²) in [5, 5.41) is 19.5. The highest BCUT2D eigenvalue weighted by Crippen LogP contribution is 2.25. The van der Waals surface area contributed by atoms with Crippen molar-refractivity contribution in [3.05, 3.63) is 22.2 Å². The molecule has 0 bridgehead atoms. The van der Waals surface area contributed by atoms with E-state index < -0.39 is 29.9 Å². The molecular formula is C9H12F3N5O3. The van der Waals surface area contributed by atoms with Gasteiger partial charge in [-0.05, 0) is 0 Å². The van der Waals surface area contributed by atoms with Crippen LogP contribution >= 0.6 is 0 Å². The van der Waals surface area contributed by atoms with Gasteiger partial charge in [0.1, 0.15) is 18.2 Å². The number of hydrazine groups is 1. The lowest BCUT2D eigenvalue weighted by Gasteiger charge is -2.24. The molecule has 1 aromatic rings. The molecule has 0 amide bonds. The lowest BCUT2D eigenvalue weighted by Crippen LogP contribution is -2.37. The largest absolute Gasteiger partial charge is 0.405 e. The number of aromatic nitrogens is 1. The molecule has 1 aromatic heterocycles. The van der Waals surface area contributed by atoms with Gasteiger partial charge in [-0.1, -0.05) is 0 Å². The highest BCUT2D eigenvalue weighted by atomic mass is 19.4. The monoisotopic (exact) mass is 295 g/mol. The van der Waals surface area contributed by atoms with Crippen LogP contribution in [0, 0.1) is 10.1 Å². The van der Waals surface area contributed by atoms with Gasteiger partial charge in [0.2, 0.25) is 0 Å². The average molecular weight is 295 g/mol. The van der Waals surface area contributed by atoms with E-state index in [0.29, 0.717) is 4.90 Å². The molecule has 0 aromatic carbocycles. The number of nitro groups is 1. The van der Waals surface area contributed by atoms with Gasteiger partial charge in [0.25, 0.3) is 5.69 Å². The van der Waals surface area contributed by atoms with E-state index in [1.165, 1.54) is 0 Å². The number of hydrogen-bond acceptors (Lipinski definition) is 7. The van der Waals surface area contributed by atoms with Gasteiger partial charge in [-0.25, -0.2) is 10.8 Å². The summed E-state index contributed by atoms with van der Waals surface area (Å²) >= 11 is 0. The molecule has 8 nitrogen and oxygen atoms in total. The first-order valence-corrected chi connectivity index (χ1v) is 5.32. The highest BCUT2D eigenvalue weighted by molar-refractivity contribution is 5.55. The molecule has 4 N–H and O–H groups in total. The van der Waals surface area contributed by atoms with E-state index in [4.69, 9.17) is 10.9 Å². The van der Waals surface area contributed by atoms with Crippen molar-refractivity contribution in [1.29, 1.82) is 0 Å². The summed E-state index contributed by atoms with van der Waals surface area (Å²) in [4.78, 5) is 14.3. The predicted octanol–water partition coefficient (Wildman–Crippen LogP) is 0.636. The molecule has 0 aliphatic rings. The summed E-state index contributed by atoms with van der Waals surface area (Å²) in [5.41, 5.74) is 1.57. The predicted molar refractivity (Wildman–Crippen MR) is 64.1 cm³/mol. The third-order valence-electron chi connectivity index (χ3n) is 2.22. The fraction of sp³-hybridized carbons (Fsp3) is 0.444. The van der Waals surface area contributed by atoms with Gasteiger partial charge in [-0.2, -0.15) is 13.2 Å². The summed E-state index contributed by atoms with van der Waals surface area (Å²) in [6.07, 6.45) is -4.54. The molecule has 0 atom stereocenters. The molecule has 0 radical (unpaired) electrons. The number of nitrogens with two attached hydrogens (primary N) is 1. The molecular weight excluding hydrogens is 283 g/mol. The zero-order valence-corrected chi connectivity index (χ0v) is 10.1. The normalized spacial score (nSPS) is 11.2. The second-order valence-corrected chi connectivity index (χ2v) is 3.73. The first-order valence-electron chi connectivity index (χ1n) is 5.32. The van der Waals surface area contributed by atoms with Crippen LogP contribution in [0.4, 0.5) is 30.5 Å². The third-order valence-corrected chi connectivity index (χ3v) is 2.22. The van der Waals surface area contributed by atoms with Crippen LogP contribution in [-0.4, -0.2) is 40.9 Å². The maximum absolute atomic E-state index is 12.4. The minimum absolute atomic E-state index is 0.153. The summed E-state index contributed by atoms with van der Waals surface area (Å²) in [6, 6.07) is 1.86. The number of aliphatic hydroxyl groups excluding tert-OH is 1. The Kier molecular flexibility index (Phi) is 5.05. The Labute approximate surface area is 111 Å². The van der Waals surface area contributed by atoms with Gasteiger partial charge < -0.3 is 15.4 Å². The molecule has 0 aliphatic carbocycles. The SMILES string of the molecule is NNc1cc([N+](=O)[O-])cc(N(CCO)CC(F)(F)F)n1. The number of aliphatic hydroxyl groups is 1. The van der Waals surface area contributed by atoms with Gasteiger partial charge in [0.15, 0.2) is 0 Å². The van der Waals surface area contributed by atoms with Crippen molar-refractivity contribution in [2.75, 3.05) is 30.0 Å². The first-order chi connectivity index (χ1) is 9.26. The number of pyridine rings is 1. The lowest BCUT2D eigenvalue weighted by molar-refractivity contribution is -0.384. The van der Waals surface area contributed by atoms with Gasteiger partial charge in [-0.15, -0.1) is 0 Å². The minimum Gasteiger partial charge on any atom is -0.395 e. The Balaban J connectivity index is 3.17. The van der Waals surface area contributed by atoms with Gasteiger partial charge in [-0.3, -0.25) is 10.1 Å².